The smallest absolute Gasteiger partial charge is 0.260 e. The third kappa shape index (κ3) is 6.50. The topological polar surface area (TPSA) is 122 Å². The molecule has 11 nitrogen and oxygen atoms in total. The molecule has 2 atom stereocenters. The number of aromatic hydroxyl groups is 1. The van der Waals surface area contributed by atoms with Gasteiger partial charge in [0, 0.05) is 56.2 Å². The van der Waals surface area contributed by atoms with Crippen molar-refractivity contribution in [3.63, 3.8) is 0 Å². The highest BCUT2D eigenvalue weighted by atomic mass is 16.5. The van der Waals surface area contributed by atoms with Gasteiger partial charge in [0.2, 0.25) is 0 Å². The quantitative estimate of drug-likeness (QED) is 0.169. The van der Waals surface area contributed by atoms with Crippen LogP contribution >= 0.6 is 0 Å². The van der Waals surface area contributed by atoms with Crippen LogP contribution in [0.1, 0.15) is 56.7 Å². The second-order valence-electron chi connectivity index (χ2n) is 13.3. The zero-order chi connectivity index (χ0) is 36.6. The number of benzene rings is 4. The summed E-state index contributed by atoms with van der Waals surface area (Å²) in [6.45, 7) is 2.66. The predicted octanol–water partition coefficient (Wildman–Crippen LogP) is 7.51. The van der Waals surface area contributed by atoms with Gasteiger partial charge in [-0.1, -0.05) is 42.0 Å². The van der Waals surface area contributed by atoms with Crippen molar-refractivity contribution in [3.8, 4) is 28.7 Å². The molecular formula is C42H38N4O7. The van der Waals surface area contributed by atoms with Gasteiger partial charge in [-0.15, -0.1) is 0 Å². The van der Waals surface area contributed by atoms with Crippen molar-refractivity contribution < 1.29 is 33.6 Å². The first-order valence-corrected chi connectivity index (χ1v) is 17.5. The summed E-state index contributed by atoms with van der Waals surface area (Å²) in [6.07, 6.45) is 9.20. The number of carbonyl (C=O) groups is 2. The van der Waals surface area contributed by atoms with Gasteiger partial charge in [0.1, 0.15) is 5.75 Å². The van der Waals surface area contributed by atoms with Crippen LogP contribution in [-0.4, -0.2) is 78.7 Å². The number of rotatable bonds is 10. The Labute approximate surface area is 307 Å². The minimum absolute atomic E-state index is 0.140. The van der Waals surface area contributed by atoms with Gasteiger partial charge in [-0.25, -0.2) is 0 Å². The number of ether oxygens (including phenoxy) is 4. The SMILES string of the molecule is COc1cc2c(cc1OCCCOc1cc3c(cc1OC)C(=O)N1C=C(c4ccc(O)cc4)C[C@H]1C=N3)N=C[C@@H]1CC(c3ccc(C)cc3)=CN1C2=O. The number of hydrogen-bond donors (Lipinski definition) is 1. The lowest BCUT2D eigenvalue weighted by atomic mass is 10.0. The Kier molecular flexibility index (Phi) is 8.91. The van der Waals surface area contributed by atoms with Crippen LogP contribution in [0, 0.1) is 6.92 Å². The summed E-state index contributed by atoms with van der Waals surface area (Å²) in [5.74, 6) is 1.68. The van der Waals surface area contributed by atoms with E-state index < -0.39 is 0 Å². The third-order valence-corrected chi connectivity index (χ3v) is 9.89. The Morgan fingerprint density at radius 2 is 1.11 bits per heavy atom. The standard InChI is InChI=1S/C42H38N4O7/c1-25-5-7-26(8-6-25)28-15-30-21-43-35-19-39(37(50-2)17-33(35)41(48)45(30)23-28)52-13-4-14-53-40-20-36-34(18-38(40)51-3)42(49)46-24-29(16-31(46)22-44-36)27-9-11-32(47)12-10-27/h5-12,17-24,30-31,47H,4,13-16H2,1-3H3/t30-,31-/m0/s1. The molecule has 4 heterocycles. The number of phenolic OH excluding ortho intramolecular Hbond substituents is 1. The molecule has 4 aromatic carbocycles. The number of fused-ring (bicyclic) bond motifs is 4. The molecule has 11 heteroatoms. The number of hydrogen-bond acceptors (Lipinski definition) is 9. The molecule has 0 saturated heterocycles. The number of amides is 2. The van der Waals surface area contributed by atoms with E-state index in [0.717, 1.165) is 22.3 Å². The van der Waals surface area contributed by atoms with Crippen LogP contribution in [0.3, 0.4) is 0 Å². The molecule has 0 fully saturated rings. The number of phenols is 1. The molecule has 2 amide bonds. The number of aryl methyl sites for hydroxylation is 1. The fourth-order valence-electron chi connectivity index (χ4n) is 7.01. The van der Waals surface area contributed by atoms with E-state index in [0.29, 0.717) is 78.0 Å². The lowest BCUT2D eigenvalue weighted by Crippen LogP contribution is -2.32. The zero-order valence-electron chi connectivity index (χ0n) is 29.6. The van der Waals surface area contributed by atoms with Gasteiger partial charge >= 0.3 is 0 Å². The van der Waals surface area contributed by atoms with E-state index in [2.05, 4.69) is 36.2 Å². The number of nitrogens with zero attached hydrogens (tertiary/aromatic N) is 4. The van der Waals surface area contributed by atoms with Gasteiger partial charge < -0.3 is 33.9 Å². The Hall–Kier alpha value is -6.36. The first-order chi connectivity index (χ1) is 25.8. The summed E-state index contributed by atoms with van der Waals surface area (Å²) in [5, 5.41) is 9.67. The molecule has 0 saturated carbocycles. The van der Waals surface area contributed by atoms with E-state index >= 15 is 0 Å². The molecule has 1 N–H and O–H groups in total. The van der Waals surface area contributed by atoms with Crippen molar-refractivity contribution in [1.29, 1.82) is 0 Å². The van der Waals surface area contributed by atoms with Crippen molar-refractivity contribution in [2.75, 3.05) is 27.4 Å². The zero-order valence-corrected chi connectivity index (χ0v) is 29.6. The van der Waals surface area contributed by atoms with Crippen molar-refractivity contribution >= 4 is 46.8 Å². The summed E-state index contributed by atoms with van der Waals surface area (Å²) < 4.78 is 23.5. The molecule has 4 aliphatic rings. The van der Waals surface area contributed by atoms with E-state index in [9.17, 15) is 14.7 Å². The maximum atomic E-state index is 13.7. The molecule has 8 rings (SSSR count). The van der Waals surface area contributed by atoms with Crippen LogP contribution in [0.2, 0.25) is 0 Å². The molecule has 53 heavy (non-hydrogen) atoms. The second-order valence-corrected chi connectivity index (χ2v) is 13.3. The van der Waals surface area contributed by atoms with Crippen LogP contribution in [0.4, 0.5) is 11.4 Å². The summed E-state index contributed by atoms with van der Waals surface area (Å²) in [7, 11) is 3.08. The second kappa shape index (κ2) is 14.0. The Balaban J connectivity index is 0.913. The lowest BCUT2D eigenvalue weighted by molar-refractivity contribution is 0.0809. The maximum Gasteiger partial charge on any atom is 0.260 e. The van der Waals surface area contributed by atoms with Crippen LogP contribution in [0.15, 0.2) is 95.2 Å². The Bertz CT molecular complexity index is 2070. The first kappa shape index (κ1) is 33.8. The van der Waals surface area contributed by atoms with Crippen LogP contribution in [0.25, 0.3) is 11.1 Å². The monoisotopic (exact) mass is 710 g/mol. The van der Waals surface area contributed by atoms with Crippen molar-refractivity contribution in [2.45, 2.75) is 38.3 Å². The summed E-state index contributed by atoms with van der Waals surface area (Å²) in [6, 6.07) is 21.7. The van der Waals surface area contributed by atoms with Gasteiger partial charge in [0.25, 0.3) is 11.8 Å². The normalized spacial score (nSPS) is 18.3. The molecule has 0 aromatic heterocycles. The number of aliphatic imine (C=N–C) groups is 2. The lowest BCUT2D eigenvalue weighted by Gasteiger charge is -2.19. The molecule has 4 aliphatic heterocycles. The van der Waals surface area contributed by atoms with E-state index in [-0.39, 0.29) is 29.6 Å². The van der Waals surface area contributed by atoms with E-state index in [1.54, 1.807) is 59.5 Å². The Morgan fingerprint density at radius 3 is 1.57 bits per heavy atom. The molecule has 0 aliphatic carbocycles. The molecule has 0 radical (unpaired) electrons. The van der Waals surface area contributed by atoms with Crippen LogP contribution in [-0.2, 0) is 0 Å². The van der Waals surface area contributed by atoms with E-state index in [1.165, 1.54) is 12.7 Å². The maximum absolute atomic E-state index is 13.7. The highest BCUT2D eigenvalue weighted by molar-refractivity contribution is 6.06. The van der Waals surface area contributed by atoms with Gasteiger partial charge in [-0.2, -0.15) is 0 Å². The molecule has 0 bridgehead atoms. The first-order valence-electron chi connectivity index (χ1n) is 17.5. The minimum atomic E-state index is -0.231. The highest BCUT2D eigenvalue weighted by Gasteiger charge is 2.35. The summed E-state index contributed by atoms with van der Waals surface area (Å²) in [4.78, 5) is 40.2. The molecule has 268 valence electrons. The van der Waals surface area contributed by atoms with Crippen LogP contribution < -0.4 is 18.9 Å². The fourth-order valence-corrected chi connectivity index (χ4v) is 7.01. The van der Waals surface area contributed by atoms with Crippen LogP contribution in [0.5, 0.6) is 28.7 Å². The van der Waals surface area contributed by atoms with E-state index in [4.69, 9.17) is 23.9 Å². The van der Waals surface area contributed by atoms with Gasteiger partial charge in [-0.05, 0) is 53.5 Å². The summed E-state index contributed by atoms with van der Waals surface area (Å²) >= 11 is 0. The van der Waals surface area contributed by atoms with Gasteiger partial charge in [0.15, 0.2) is 23.0 Å². The largest absolute Gasteiger partial charge is 0.508 e. The number of methoxy groups -OCH3 is 2. The predicted molar refractivity (Wildman–Crippen MR) is 202 cm³/mol. The van der Waals surface area contributed by atoms with Gasteiger partial charge in [-0.3, -0.25) is 19.6 Å². The molecule has 0 spiro atoms. The molecule has 4 aromatic rings. The Morgan fingerprint density at radius 1 is 0.660 bits per heavy atom. The highest BCUT2D eigenvalue weighted by Crippen LogP contribution is 2.42. The summed E-state index contributed by atoms with van der Waals surface area (Å²) in [5.41, 5.74) is 7.20. The number of carbonyl (C=O) groups excluding carboxylic acids is 2. The van der Waals surface area contributed by atoms with Crippen molar-refractivity contribution in [1.82, 2.24) is 9.80 Å². The van der Waals surface area contributed by atoms with E-state index in [1.807, 2.05) is 30.7 Å². The van der Waals surface area contributed by atoms with Crippen molar-refractivity contribution in [3.05, 3.63) is 113 Å². The molecule has 0 unspecified atom stereocenters. The third-order valence-electron chi connectivity index (χ3n) is 9.89. The minimum Gasteiger partial charge on any atom is -0.508 e. The fraction of sp³-hybridized carbons (Fsp3) is 0.238. The molecular weight excluding hydrogens is 672 g/mol. The average Bonchev–Trinajstić information content (AvgIpc) is 3.75. The average molecular weight is 711 g/mol. The van der Waals surface area contributed by atoms with Crippen molar-refractivity contribution in [2.24, 2.45) is 9.98 Å². The van der Waals surface area contributed by atoms with Gasteiger partial charge in [0.05, 0.1) is 62.0 Å².